The number of carbonyl (C=O) groups excluding carboxylic acids is 1. The van der Waals surface area contributed by atoms with E-state index < -0.39 is 5.60 Å². The molecular weight excluding hydrogens is 266 g/mol. The number of rotatable bonds is 7. The molecule has 5 nitrogen and oxygen atoms in total. The van der Waals surface area contributed by atoms with Crippen molar-refractivity contribution in [2.24, 2.45) is 0 Å². The summed E-state index contributed by atoms with van der Waals surface area (Å²) in [6.45, 7) is 4.55. The number of nitrogens with one attached hydrogen (secondary N) is 2. The summed E-state index contributed by atoms with van der Waals surface area (Å²) in [5, 5.41) is 15.6. The summed E-state index contributed by atoms with van der Waals surface area (Å²) < 4.78 is 0. The van der Waals surface area contributed by atoms with Crippen LogP contribution in [0.15, 0.2) is 24.3 Å². The largest absolute Gasteiger partial charge is 0.388 e. The van der Waals surface area contributed by atoms with Crippen LogP contribution >= 0.6 is 0 Å². The molecule has 0 spiro atoms. The third kappa shape index (κ3) is 5.63. The Bertz CT molecular complexity index is 457. The highest BCUT2D eigenvalue weighted by atomic mass is 16.3. The molecule has 1 rings (SSSR count). The summed E-state index contributed by atoms with van der Waals surface area (Å²) in [6, 6.07) is 7.74. The van der Waals surface area contributed by atoms with Gasteiger partial charge < -0.3 is 20.6 Å². The second-order valence-electron chi connectivity index (χ2n) is 5.53. The van der Waals surface area contributed by atoms with Crippen molar-refractivity contribution in [2.45, 2.75) is 38.8 Å². The van der Waals surface area contributed by atoms with Gasteiger partial charge in [-0.3, -0.25) is 0 Å². The topological polar surface area (TPSA) is 64.6 Å². The maximum Gasteiger partial charge on any atom is 0.315 e. The number of urea groups is 1. The first-order chi connectivity index (χ1) is 9.90. The SMILES string of the molecule is CCC(O)(CC)CNC(=O)NCc1cccc(N(C)C)c1. The molecule has 118 valence electrons. The number of hydrogen-bond donors (Lipinski definition) is 3. The van der Waals surface area contributed by atoms with Crippen molar-refractivity contribution in [3.05, 3.63) is 29.8 Å². The summed E-state index contributed by atoms with van der Waals surface area (Å²) in [5.41, 5.74) is 1.32. The first-order valence-electron chi connectivity index (χ1n) is 7.40. The highest BCUT2D eigenvalue weighted by molar-refractivity contribution is 5.73. The van der Waals surface area contributed by atoms with Crippen LogP contribution < -0.4 is 15.5 Å². The normalized spacial score (nSPS) is 11.1. The molecule has 2 amide bonds. The van der Waals surface area contributed by atoms with Gasteiger partial charge in [0.2, 0.25) is 0 Å². The van der Waals surface area contributed by atoms with E-state index in [9.17, 15) is 9.90 Å². The minimum Gasteiger partial charge on any atom is -0.388 e. The number of aliphatic hydroxyl groups is 1. The van der Waals surface area contributed by atoms with Gasteiger partial charge in [-0.1, -0.05) is 26.0 Å². The number of hydrogen-bond acceptors (Lipinski definition) is 3. The van der Waals surface area contributed by atoms with Crippen molar-refractivity contribution < 1.29 is 9.90 Å². The Labute approximate surface area is 127 Å². The van der Waals surface area contributed by atoms with Gasteiger partial charge in [0.15, 0.2) is 0 Å². The van der Waals surface area contributed by atoms with Gasteiger partial charge >= 0.3 is 6.03 Å². The summed E-state index contributed by atoms with van der Waals surface area (Å²) in [4.78, 5) is 13.8. The highest BCUT2D eigenvalue weighted by Gasteiger charge is 2.22. The van der Waals surface area contributed by atoms with Gasteiger partial charge in [0.25, 0.3) is 0 Å². The van der Waals surface area contributed by atoms with Crippen LogP contribution in [0.25, 0.3) is 0 Å². The average Bonchev–Trinajstić information content (AvgIpc) is 2.50. The Morgan fingerprint density at radius 1 is 1.24 bits per heavy atom. The van der Waals surface area contributed by atoms with Crippen LogP contribution in [-0.4, -0.2) is 37.4 Å². The van der Waals surface area contributed by atoms with Crippen LogP contribution in [0.1, 0.15) is 32.3 Å². The van der Waals surface area contributed by atoms with Crippen molar-refractivity contribution in [1.82, 2.24) is 10.6 Å². The maximum atomic E-state index is 11.8. The van der Waals surface area contributed by atoms with Gasteiger partial charge in [-0.25, -0.2) is 4.79 Å². The number of anilines is 1. The Kier molecular flexibility index (Phi) is 6.49. The van der Waals surface area contributed by atoms with Crippen LogP contribution in [0.2, 0.25) is 0 Å². The van der Waals surface area contributed by atoms with Crippen molar-refractivity contribution in [2.75, 3.05) is 25.5 Å². The standard InChI is InChI=1S/C16H27N3O2/c1-5-16(21,6-2)12-18-15(20)17-11-13-8-7-9-14(10-13)19(3)4/h7-10,21H,5-6,11-12H2,1-4H3,(H2,17,18,20). The molecule has 0 unspecified atom stereocenters. The van der Waals surface area contributed by atoms with Gasteiger partial charge in [-0.2, -0.15) is 0 Å². The predicted molar refractivity (Wildman–Crippen MR) is 86.5 cm³/mol. The zero-order chi connectivity index (χ0) is 15.9. The number of benzene rings is 1. The zero-order valence-corrected chi connectivity index (χ0v) is 13.4. The average molecular weight is 293 g/mol. The molecule has 0 aliphatic rings. The van der Waals surface area contributed by atoms with Gasteiger partial charge in [0.1, 0.15) is 0 Å². The van der Waals surface area contributed by atoms with E-state index in [1.165, 1.54) is 0 Å². The van der Waals surface area contributed by atoms with Crippen molar-refractivity contribution in [3.63, 3.8) is 0 Å². The first kappa shape index (κ1) is 17.3. The van der Waals surface area contributed by atoms with Crippen molar-refractivity contribution in [3.8, 4) is 0 Å². The Morgan fingerprint density at radius 3 is 2.48 bits per heavy atom. The molecule has 3 N–H and O–H groups in total. The molecule has 0 saturated carbocycles. The minimum atomic E-state index is -0.817. The second kappa shape index (κ2) is 7.88. The molecule has 0 aliphatic heterocycles. The molecule has 0 aromatic heterocycles. The molecule has 21 heavy (non-hydrogen) atoms. The van der Waals surface area contributed by atoms with E-state index >= 15 is 0 Å². The smallest absolute Gasteiger partial charge is 0.315 e. The van der Waals surface area contributed by atoms with Gasteiger partial charge in [-0.05, 0) is 30.5 Å². The van der Waals surface area contributed by atoms with E-state index in [-0.39, 0.29) is 12.6 Å². The molecule has 0 atom stereocenters. The molecular formula is C16H27N3O2. The third-order valence-electron chi connectivity index (χ3n) is 3.77. The van der Waals surface area contributed by atoms with E-state index in [2.05, 4.69) is 10.6 Å². The molecule has 0 radical (unpaired) electrons. The molecule has 5 heteroatoms. The summed E-state index contributed by atoms with van der Waals surface area (Å²) in [6.07, 6.45) is 1.24. The van der Waals surface area contributed by atoms with Crippen LogP contribution in [0, 0.1) is 0 Å². The predicted octanol–water partition coefficient (Wildman–Crippen LogP) is 2.10. The summed E-state index contributed by atoms with van der Waals surface area (Å²) >= 11 is 0. The molecule has 1 aromatic rings. The van der Waals surface area contributed by atoms with E-state index in [0.717, 1.165) is 11.3 Å². The fraction of sp³-hybridized carbons (Fsp3) is 0.562. The molecule has 0 aliphatic carbocycles. The number of amides is 2. The van der Waals surface area contributed by atoms with Crippen LogP contribution in [0.4, 0.5) is 10.5 Å². The van der Waals surface area contributed by atoms with Gasteiger partial charge in [0.05, 0.1) is 5.60 Å². The molecule has 1 aromatic carbocycles. The van der Waals surface area contributed by atoms with Crippen molar-refractivity contribution >= 4 is 11.7 Å². The fourth-order valence-electron chi connectivity index (χ4n) is 1.93. The molecule has 0 heterocycles. The highest BCUT2D eigenvalue weighted by Crippen LogP contribution is 2.14. The Hall–Kier alpha value is -1.75. The Morgan fingerprint density at radius 2 is 1.90 bits per heavy atom. The second-order valence-corrected chi connectivity index (χ2v) is 5.53. The van der Waals surface area contributed by atoms with E-state index in [4.69, 9.17) is 0 Å². The van der Waals surface area contributed by atoms with Crippen LogP contribution in [0.5, 0.6) is 0 Å². The summed E-state index contributed by atoms with van der Waals surface area (Å²) in [7, 11) is 3.96. The number of carbonyl (C=O) groups is 1. The fourth-order valence-corrected chi connectivity index (χ4v) is 1.93. The Balaban J connectivity index is 2.45. The quantitative estimate of drug-likeness (QED) is 0.721. The molecule has 0 bridgehead atoms. The summed E-state index contributed by atoms with van der Waals surface area (Å²) in [5.74, 6) is 0. The number of nitrogens with zero attached hydrogens (tertiary/aromatic N) is 1. The first-order valence-corrected chi connectivity index (χ1v) is 7.40. The maximum absolute atomic E-state index is 11.8. The third-order valence-corrected chi connectivity index (χ3v) is 3.77. The van der Waals surface area contributed by atoms with E-state index in [1.54, 1.807) is 0 Å². The zero-order valence-electron chi connectivity index (χ0n) is 13.4. The lowest BCUT2D eigenvalue weighted by Gasteiger charge is -2.25. The monoisotopic (exact) mass is 293 g/mol. The minimum absolute atomic E-state index is 0.259. The molecule has 0 saturated heterocycles. The van der Waals surface area contributed by atoms with Crippen LogP contribution in [0.3, 0.4) is 0 Å². The van der Waals surface area contributed by atoms with Crippen molar-refractivity contribution in [1.29, 1.82) is 0 Å². The lowest BCUT2D eigenvalue weighted by atomic mass is 9.98. The lowest BCUT2D eigenvalue weighted by Crippen LogP contribution is -2.45. The van der Waals surface area contributed by atoms with Crippen LogP contribution in [-0.2, 0) is 6.54 Å². The molecule has 0 fully saturated rings. The van der Waals surface area contributed by atoms with Gasteiger partial charge in [-0.15, -0.1) is 0 Å². The van der Waals surface area contributed by atoms with E-state index in [0.29, 0.717) is 19.4 Å². The van der Waals surface area contributed by atoms with E-state index in [1.807, 2.05) is 57.1 Å². The lowest BCUT2D eigenvalue weighted by molar-refractivity contribution is 0.0349. The van der Waals surface area contributed by atoms with Gasteiger partial charge in [0, 0.05) is 32.9 Å².